The number of aromatic nitrogens is 1. The van der Waals surface area contributed by atoms with Gasteiger partial charge in [-0.15, -0.1) is 0 Å². The first-order valence-electron chi connectivity index (χ1n) is 5.09. The molecule has 0 aliphatic heterocycles. The topological polar surface area (TPSA) is 83.2 Å². The average molecular weight is 295 g/mol. The Bertz CT molecular complexity index is 691. The minimum Gasteiger partial charge on any atom is -0.477 e. The number of aryl methyl sites for hydroxylation is 1. The predicted octanol–water partition coefficient (Wildman–Crippen LogP) is 3.47. The Balaban J connectivity index is 2.34. The number of benzene rings is 1. The highest BCUT2D eigenvalue weighted by molar-refractivity contribution is 7.15. The summed E-state index contributed by atoms with van der Waals surface area (Å²) in [7, 11) is 0. The molecule has 1 aromatic heterocycles. The largest absolute Gasteiger partial charge is 0.477 e. The van der Waals surface area contributed by atoms with Crippen LogP contribution >= 0.6 is 22.9 Å². The monoisotopic (exact) mass is 294 g/mol. The summed E-state index contributed by atoms with van der Waals surface area (Å²) in [5.41, 5.74) is 1.25. The Labute approximate surface area is 117 Å². The third-order valence-corrected chi connectivity index (χ3v) is 3.58. The molecule has 2 aromatic rings. The Hall–Kier alpha value is -2.10. The van der Waals surface area contributed by atoms with Crippen LogP contribution in [0.5, 0.6) is 10.9 Å². The van der Waals surface area contributed by atoms with E-state index in [0.717, 1.165) is 16.9 Å². The summed E-state index contributed by atoms with van der Waals surface area (Å²) in [5, 5.41) is 17.7. The van der Waals surface area contributed by atoms with Gasteiger partial charge < -0.3 is 9.84 Å². The van der Waals surface area contributed by atoms with Crippen molar-refractivity contribution >= 4 is 28.9 Å². The molecule has 0 aliphatic carbocycles. The number of nitrogens with zero attached hydrogens (tertiary/aromatic N) is 2. The second-order valence-electron chi connectivity index (χ2n) is 3.60. The molecule has 0 saturated carbocycles. The van der Waals surface area contributed by atoms with Crippen LogP contribution in [0.3, 0.4) is 0 Å². The van der Waals surface area contributed by atoms with Gasteiger partial charge in [0.25, 0.3) is 5.19 Å². The molecule has 2 rings (SSSR count). The lowest BCUT2D eigenvalue weighted by Crippen LogP contribution is -1.91. The quantitative estimate of drug-likeness (QED) is 0.937. The third-order valence-electron chi connectivity index (χ3n) is 2.27. The Morgan fingerprint density at radius 2 is 2.32 bits per heavy atom. The van der Waals surface area contributed by atoms with Crippen LogP contribution in [-0.2, 0) is 0 Å². The average Bonchev–Trinajstić information content (AvgIpc) is 2.73. The first-order chi connectivity index (χ1) is 9.01. The van der Waals surface area contributed by atoms with E-state index in [1.54, 1.807) is 18.2 Å². The molecule has 0 saturated heterocycles. The summed E-state index contributed by atoms with van der Waals surface area (Å²) in [4.78, 5) is 14.6. The van der Waals surface area contributed by atoms with Crippen LogP contribution in [-0.4, -0.2) is 16.1 Å². The lowest BCUT2D eigenvalue weighted by atomic mass is 10.1. The van der Waals surface area contributed by atoms with Gasteiger partial charge in [0.2, 0.25) is 0 Å². The van der Waals surface area contributed by atoms with Gasteiger partial charge in [-0.1, -0.05) is 29.0 Å². The van der Waals surface area contributed by atoms with E-state index in [0.29, 0.717) is 11.3 Å². The smallest absolute Gasteiger partial charge is 0.349 e. The highest BCUT2D eigenvalue weighted by Crippen LogP contribution is 2.33. The molecule has 5 nitrogen and oxygen atoms in total. The molecule has 0 aliphatic rings. The first-order valence-corrected chi connectivity index (χ1v) is 6.29. The number of rotatable bonds is 3. The Morgan fingerprint density at radius 1 is 1.58 bits per heavy atom. The number of hydrogen-bond donors (Lipinski definition) is 1. The van der Waals surface area contributed by atoms with E-state index in [2.05, 4.69) is 4.98 Å². The van der Waals surface area contributed by atoms with Crippen LogP contribution in [0.1, 0.15) is 20.8 Å². The number of carboxylic acids is 1. The van der Waals surface area contributed by atoms with Gasteiger partial charge in [0.15, 0.2) is 10.0 Å². The van der Waals surface area contributed by atoms with E-state index in [-0.39, 0.29) is 15.2 Å². The van der Waals surface area contributed by atoms with E-state index in [4.69, 9.17) is 26.7 Å². The normalized spacial score (nSPS) is 9.95. The number of ether oxygens (including phenoxy) is 1. The maximum absolute atomic E-state index is 10.8. The highest BCUT2D eigenvalue weighted by atomic mass is 35.5. The zero-order chi connectivity index (χ0) is 14.0. The minimum atomic E-state index is -1.15. The van der Waals surface area contributed by atoms with Gasteiger partial charge in [-0.3, -0.25) is 0 Å². The second kappa shape index (κ2) is 5.26. The van der Waals surface area contributed by atoms with Crippen LogP contribution in [0.4, 0.5) is 0 Å². The number of carbonyl (C=O) groups is 1. The van der Waals surface area contributed by atoms with Crippen molar-refractivity contribution in [1.29, 1.82) is 5.26 Å². The van der Waals surface area contributed by atoms with E-state index in [1.165, 1.54) is 0 Å². The number of carboxylic acid groups (broad SMARTS) is 1. The molecule has 7 heteroatoms. The molecule has 0 amide bonds. The van der Waals surface area contributed by atoms with Gasteiger partial charge in [-0.05, 0) is 24.6 Å². The van der Waals surface area contributed by atoms with Crippen molar-refractivity contribution in [3.05, 3.63) is 39.4 Å². The predicted molar refractivity (Wildman–Crippen MR) is 70.1 cm³/mol. The van der Waals surface area contributed by atoms with Crippen LogP contribution in [0, 0.1) is 18.3 Å². The zero-order valence-electron chi connectivity index (χ0n) is 9.68. The standard InChI is InChI=1S/C12H7ClN2O3S/c1-6-2-3-7(5-14)4-8(6)18-12-15-10(13)9(19-12)11(16)17/h2-4H,1H3,(H,16,17). The fourth-order valence-corrected chi connectivity index (χ4v) is 2.32. The van der Waals surface area contributed by atoms with Gasteiger partial charge in [-0.25, -0.2) is 4.79 Å². The number of aromatic carboxylic acids is 1. The zero-order valence-corrected chi connectivity index (χ0v) is 11.2. The molecule has 96 valence electrons. The summed E-state index contributed by atoms with van der Waals surface area (Å²) in [6.07, 6.45) is 0. The summed E-state index contributed by atoms with van der Waals surface area (Å²) in [6, 6.07) is 6.96. The molecule has 0 fully saturated rings. The van der Waals surface area contributed by atoms with Crippen molar-refractivity contribution in [1.82, 2.24) is 4.98 Å². The molecule has 19 heavy (non-hydrogen) atoms. The fraction of sp³-hybridized carbons (Fsp3) is 0.0833. The first kappa shape index (κ1) is 13.3. The van der Waals surface area contributed by atoms with Crippen molar-refractivity contribution in [2.45, 2.75) is 6.92 Å². The van der Waals surface area contributed by atoms with Crippen LogP contribution in [0.15, 0.2) is 18.2 Å². The molecule has 1 N–H and O–H groups in total. The van der Waals surface area contributed by atoms with Crippen molar-refractivity contribution in [3.63, 3.8) is 0 Å². The van der Waals surface area contributed by atoms with Gasteiger partial charge in [0, 0.05) is 0 Å². The molecule has 0 unspecified atom stereocenters. The van der Waals surface area contributed by atoms with E-state index >= 15 is 0 Å². The lowest BCUT2D eigenvalue weighted by Gasteiger charge is -2.05. The molecule has 0 radical (unpaired) electrons. The molecular weight excluding hydrogens is 288 g/mol. The fourth-order valence-electron chi connectivity index (χ4n) is 1.33. The lowest BCUT2D eigenvalue weighted by molar-refractivity contribution is 0.0702. The van der Waals surface area contributed by atoms with Crippen molar-refractivity contribution in [2.75, 3.05) is 0 Å². The van der Waals surface area contributed by atoms with E-state index < -0.39 is 5.97 Å². The van der Waals surface area contributed by atoms with Crippen molar-refractivity contribution in [2.24, 2.45) is 0 Å². The summed E-state index contributed by atoms with van der Waals surface area (Å²) >= 11 is 6.53. The minimum absolute atomic E-state index is 0.0780. The van der Waals surface area contributed by atoms with Gasteiger partial charge in [-0.2, -0.15) is 10.2 Å². The maximum Gasteiger partial charge on any atom is 0.349 e. The molecule has 0 spiro atoms. The third kappa shape index (κ3) is 2.84. The van der Waals surface area contributed by atoms with Crippen LogP contribution < -0.4 is 4.74 Å². The summed E-state index contributed by atoms with van der Waals surface area (Å²) in [5.74, 6) is -0.707. The van der Waals surface area contributed by atoms with Gasteiger partial charge in [0.1, 0.15) is 5.75 Å². The molecular formula is C12H7ClN2O3S. The SMILES string of the molecule is Cc1ccc(C#N)cc1Oc1nc(Cl)c(C(=O)O)s1. The number of nitriles is 1. The maximum atomic E-state index is 10.8. The van der Waals surface area contributed by atoms with Crippen molar-refractivity contribution < 1.29 is 14.6 Å². The van der Waals surface area contributed by atoms with Crippen molar-refractivity contribution in [3.8, 4) is 17.0 Å². The number of halogens is 1. The number of hydrogen-bond acceptors (Lipinski definition) is 5. The molecule has 0 atom stereocenters. The number of thiazole rings is 1. The van der Waals surface area contributed by atoms with Crippen LogP contribution in [0.25, 0.3) is 0 Å². The Kier molecular flexibility index (Phi) is 3.69. The summed E-state index contributed by atoms with van der Waals surface area (Å²) < 4.78 is 5.47. The van der Waals surface area contributed by atoms with E-state index in [9.17, 15) is 4.79 Å². The molecule has 0 bridgehead atoms. The van der Waals surface area contributed by atoms with Gasteiger partial charge >= 0.3 is 5.97 Å². The highest BCUT2D eigenvalue weighted by Gasteiger charge is 2.17. The molecule has 1 heterocycles. The Morgan fingerprint density at radius 3 is 2.89 bits per heavy atom. The molecule has 1 aromatic carbocycles. The van der Waals surface area contributed by atoms with Crippen LogP contribution in [0.2, 0.25) is 5.15 Å². The summed E-state index contributed by atoms with van der Waals surface area (Å²) in [6.45, 7) is 1.81. The second-order valence-corrected chi connectivity index (χ2v) is 4.92. The van der Waals surface area contributed by atoms with E-state index in [1.807, 2.05) is 13.0 Å². The van der Waals surface area contributed by atoms with Gasteiger partial charge in [0.05, 0.1) is 11.6 Å².